The van der Waals surface area contributed by atoms with Crippen molar-refractivity contribution in [1.82, 2.24) is 15.1 Å². The number of nitrogens with one attached hydrogen (secondary N) is 1. The van der Waals surface area contributed by atoms with Gasteiger partial charge in [-0.25, -0.2) is 0 Å². The van der Waals surface area contributed by atoms with Crippen LogP contribution in [0.5, 0.6) is 0 Å². The van der Waals surface area contributed by atoms with Gasteiger partial charge in [-0.2, -0.15) is 18.3 Å². The maximum absolute atomic E-state index is 12.9. The third-order valence-corrected chi connectivity index (χ3v) is 4.46. The molecule has 1 aromatic carbocycles. The zero-order chi connectivity index (χ0) is 18.4. The topological polar surface area (TPSA) is 86.3 Å². The van der Waals surface area contributed by atoms with Gasteiger partial charge in [-0.15, -0.1) is 0 Å². The molecule has 1 aliphatic rings. The monoisotopic (exact) mass is 375 g/mol. The fraction of sp³-hybridized carbons (Fsp3) is 0.400. The smallest absolute Gasteiger partial charge is 0.406 e. The molecule has 2 aromatic rings. The molecule has 0 spiro atoms. The van der Waals surface area contributed by atoms with Gasteiger partial charge >= 0.3 is 12.1 Å². The molecule has 0 fully saturated rings. The van der Waals surface area contributed by atoms with E-state index in [-0.39, 0.29) is 13.0 Å². The molecule has 134 valence electrons. The zero-order valence-electron chi connectivity index (χ0n) is 12.7. The van der Waals surface area contributed by atoms with Crippen molar-refractivity contribution in [1.29, 1.82) is 0 Å². The number of fused-ring (bicyclic) bond motifs is 3. The first kappa shape index (κ1) is 17.5. The number of aromatic amines is 1. The Hall–Kier alpha value is -2.29. The SMILES string of the molecule is O=C(O)CC1Cc2cc(Cl)c3[nH]ncc3c2CN(CC(F)(F)F)C1=O. The van der Waals surface area contributed by atoms with Crippen molar-refractivity contribution in [2.75, 3.05) is 6.54 Å². The highest BCUT2D eigenvalue weighted by molar-refractivity contribution is 6.35. The van der Waals surface area contributed by atoms with E-state index in [4.69, 9.17) is 16.7 Å². The standard InChI is InChI=1S/C15H13ClF3N3O3/c16-11-2-7-1-8(3-12(23)24)14(25)22(6-15(17,18)19)5-10(7)9-4-20-21-13(9)11/h2,4,8H,1,3,5-6H2,(H,20,21)(H,23,24). The fourth-order valence-corrected chi connectivity index (χ4v) is 3.43. The number of carboxylic acid groups (broad SMARTS) is 1. The first-order valence-corrected chi connectivity index (χ1v) is 7.74. The summed E-state index contributed by atoms with van der Waals surface area (Å²) in [6.45, 7) is -1.72. The third kappa shape index (κ3) is 3.55. The lowest BCUT2D eigenvalue weighted by Crippen LogP contribution is -2.41. The summed E-state index contributed by atoms with van der Waals surface area (Å²) in [7, 11) is 0. The fourth-order valence-electron chi connectivity index (χ4n) is 3.15. The van der Waals surface area contributed by atoms with Crippen molar-refractivity contribution in [3.05, 3.63) is 28.4 Å². The highest BCUT2D eigenvalue weighted by Crippen LogP contribution is 2.34. The molecule has 0 radical (unpaired) electrons. The molecule has 0 saturated carbocycles. The van der Waals surface area contributed by atoms with Gasteiger partial charge < -0.3 is 10.0 Å². The van der Waals surface area contributed by atoms with Crippen molar-refractivity contribution in [2.45, 2.75) is 25.6 Å². The molecule has 1 unspecified atom stereocenters. The minimum absolute atomic E-state index is 0.00959. The molecule has 0 aliphatic carbocycles. The Bertz CT molecular complexity index is 850. The molecule has 2 heterocycles. The van der Waals surface area contributed by atoms with E-state index in [1.807, 2.05) is 0 Å². The number of aromatic nitrogens is 2. The Kier molecular flexibility index (Phi) is 4.36. The van der Waals surface area contributed by atoms with Crippen LogP contribution in [0.2, 0.25) is 5.02 Å². The number of amides is 1. The summed E-state index contributed by atoms with van der Waals surface area (Å²) in [5.41, 5.74) is 1.53. The number of alkyl halides is 3. The average Bonchev–Trinajstić information content (AvgIpc) is 2.93. The molecule has 3 rings (SSSR count). The Morgan fingerprint density at radius 3 is 2.84 bits per heavy atom. The number of hydrogen-bond acceptors (Lipinski definition) is 3. The van der Waals surface area contributed by atoms with Crippen molar-refractivity contribution in [3.63, 3.8) is 0 Å². The van der Waals surface area contributed by atoms with Crippen LogP contribution in [0.1, 0.15) is 17.5 Å². The minimum Gasteiger partial charge on any atom is -0.481 e. The number of rotatable bonds is 3. The largest absolute Gasteiger partial charge is 0.481 e. The van der Waals surface area contributed by atoms with Crippen LogP contribution in [0.25, 0.3) is 10.9 Å². The van der Waals surface area contributed by atoms with Gasteiger partial charge in [0.05, 0.1) is 29.1 Å². The van der Waals surface area contributed by atoms with Crippen LogP contribution in [0.4, 0.5) is 13.2 Å². The number of H-pyrrole nitrogens is 1. The highest BCUT2D eigenvalue weighted by atomic mass is 35.5. The average molecular weight is 376 g/mol. The maximum atomic E-state index is 12.9. The first-order valence-electron chi connectivity index (χ1n) is 7.36. The van der Waals surface area contributed by atoms with Crippen LogP contribution in [-0.4, -0.2) is 44.8 Å². The molecule has 25 heavy (non-hydrogen) atoms. The first-order chi connectivity index (χ1) is 11.7. The van der Waals surface area contributed by atoms with Gasteiger partial charge in [0, 0.05) is 11.9 Å². The molecule has 10 heteroatoms. The number of halogens is 4. The molecule has 2 N–H and O–H groups in total. The predicted molar refractivity (Wildman–Crippen MR) is 82.0 cm³/mol. The number of carboxylic acids is 1. The molecule has 1 atom stereocenters. The molecule has 6 nitrogen and oxygen atoms in total. The number of carbonyl (C=O) groups is 2. The predicted octanol–water partition coefficient (Wildman–Crippen LogP) is 2.75. The van der Waals surface area contributed by atoms with E-state index >= 15 is 0 Å². The summed E-state index contributed by atoms with van der Waals surface area (Å²) in [5.74, 6) is -3.16. The van der Waals surface area contributed by atoms with E-state index in [9.17, 15) is 22.8 Å². The van der Waals surface area contributed by atoms with Crippen molar-refractivity contribution in [3.8, 4) is 0 Å². The summed E-state index contributed by atoms with van der Waals surface area (Å²) in [4.78, 5) is 24.2. The van der Waals surface area contributed by atoms with Gasteiger partial charge in [0.25, 0.3) is 0 Å². The Morgan fingerprint density at radius 2 is 2.20 bits per heavy atom. The quantitative estimate of drug-likeness (QED) is 0.863. The summed E-state index contributed by atoms with van der Waals surface area (Å²) >= 11 is 6.16. The molecular formula is C15H13ClF3N3O3. The van der Waals surface area contributed by atoms with Gasteiger partial charge in [0.15, 0.2) is 0 Å². The second-order valence-corrected chi connectivity index (χ2v) is 6.37. The Balaban J connectivity index is 2.11. The van der Waals surface area contributed by atoms with Crippen molar-refractivity contribution >= 4 is 34.4 Å². The lowest BCUT2D eigenvalue weighted by Gasteiger charge is -2.25. The van der Waals surface area contributed by atoms with Crippen molar-refractivity contribution < 1.29 is 27.9 Å². The third-order valence-electron chi connectivity index (χ3n) is 4.16. The number of benzene rings is 1. The molecular weight excluding hydrogens is 363 g/mol. The number of carbonyl (C=O) groups excluding carboxylic acids is 1. The van der Waals surface area contributed by atoms with E-state index in [0.29, 0.717) is 32.0 Å². The summed E-state index contributed by atoms with van der Waals surface area (Å²) in [6, 6.07) is 1.55. The van der Waals surface area contributed by atoms with E-state index in [2.05, 4.69) is 10.2 Å². The molecule has 0 saturated heterocycles. The molecule has 1 aromatic heterocycles. The summed E-state index contributed by atoms with van der Waals surface area (Å²) in [5, 5.41) is 16.4. The Labute approximate surface area is 144 Å². The van der Waals surface area contributed by atoms with Crippen LogP contribution in [0, 0.1) is 5.92 Å². The summed E-state index contributed by atoms with van der Waals surface area (Å²) < 4.78 is 38.6. The molecule has 1 aliphatic heterocycles. The minimum atomic E-state index is -4.59. The van der Waals surface area contributed by atoms with Crippen molar-refractivity contribution in [2.24, 2.45) is 5.92 Å². The second kappa shape index (κ2) is 6.21. The van der Waals surface area contributed by atoms with Crippen LogP contribution >= 0.6 is 11.6 Å². The zero-order valence-corrected chi connectivity index (χ0v) is 13.5. The highest BCUT2D eigenvalue weighted by Gasteiger charge is 2.38. The Morgan fingerprint density at radius 1 is 1.48 bits per heavy atom. The summed E-state index contributed by atoms with van der Waals surface area (Å²) in [6.07, 6.45) is -3.69. The van der Waals surface area contributed by atoms with Gasteiger partial charge in [-0.3, -0.25) is 14.7 Å². The van der Waals surface area contributed by atoms with E-state index in [1.165, 1.54) is 6.20 Å². The molecule has 0 bridgehead atoms. The van der Waals surface area contributed by atoms with Crippen LogP contribution < -0.4 is 0 Å². The van der Waals surface area contributed by atoms with Gasteiger partial charge in [0.1, 0.15) is 6.54 Å². The van der Waals surface area contributed by atoms with Gasteiger partial charge in [0.2, 0.25) is 5.91 Å². The lowest BCUT2D eigenvalue weighted by molar-refractivity contribution is -0.165. The second-order valence-electron chi connectivity index (χ2n) is 5.96. The van der Waals surface area contributed by atoms with E-state index in [1.54, 1.807) is 6.07 Å². The normalized spacial score (nSPS) is 18.3. The van der Waals surface area contributed by atoms with E-state index < -0.39 is 36.9 Å². The van der Waals surface area contributed by atoms with Gasteiger partial charge in [-0.05, 0) is 23.6 Å². The maximum Gasteiger partial charge on any atom is 0.406 e. The number of aliphatic carboxylic acids is 1. The number of hydrogen-bond donors (Lipinski definition) is 2. The van der Waals surface area contributed by atoms with Crippen LogP contribution in [0.3, 0.4) is 0 Å². The lowest BCUT2D eigenvalue weighted by atomic mass is 9.93. The molecule has 1 amide bonds. The van der Waals surface area contributed by atoms with Crippen LogP contribution in [0.15, 0.2) is 12.3 Å². The van der Waals surface area contributed by atoms with E-state index in [0.717, 1.165) is 0 Å². The number of nitrogens with zero attached hydrogens (tertiary/aromatic N) is 2. The van der Waals surface area contributed by atoms with Crippen LogP contribution in [-0.2, 0) is 22.6 Å². The van der Waals surface area contributed by atoms with Gasteiger partial charge in [-0.1, -0.05) is 11.6 Å².